The number of ether oxygens (including phenoxy) is 3. The average Bonchev–Trinajstić information content (AvgIpc) is 2.57. The van der Waals surface area contributed by atoms with Crippen LogP contribution in [0.4, 0.5) is 5.69 Å². The van der Waals surface area contributed by atoms with E-state index in [1.54, 1.807) is 39.3 Å². The van der Waals surface area contributed by atoms with Crippen LogP contribution in [0, 0.1) is 13.8 Å². The topological polar surface area (TPSA) is 56.8 Å². The molecule has 0 heterocycles. The van der Waals surface area contributed by atoms with Gasteiger partial charge in [-0.05, 0) is 50.1 Å². The standard InChI is InChI=1S/C19H23NO4/c1-12-6-7-13(2)18(10-12)24-14(3)19(21)20-16-11-15(22-4)8-9-17(16)23-5/h6-11,14H,1-5H3,(H,20,21)/t14-/m1/s1. The Labute approximate surface area is 142 Å². The number of aryl methyl sites for hydroxylation is 2. The lowest BCUT2D eigenvalue weighted by Gasteiger charge is -2.18. The minimum Gasteiger partial charge on any atom is -0.497 e. The third-order valence-electron chi connectivity index (χ3n) is 3.68. The first kappa shape index (κ1) is 17.7. The molecule has 1 amide bonds. The van der Waals surface area contributed by atoms with E-state index in [9.17, 15) is 4.79 Å². The van der Waals surface area contributed by atoms with Gasteiger partial charge in [0.25, 0.3) is 5.91 Å². The molecule has 1 N–H and O–H groups in total. The molecule has 5 heteroatoms. The highest BCUT2D eigenvalue weighted by molar-refractivity contribution is 5.95. The lowest BCUT2D eigenvalue weighted by molar-refractivity contribution is -0.122. The maximum atomic E-state index is 12.4. The fourth-order valence-corrected chi connectivity index (χ4v) is 2.22. The molecule has 0 aliphatic heterocycles. The van der Waals surface area contributed by atoms with Gasteiger partial charge in [0.1, 0.15) is 17.2 Å². The van der Waals surface area contributed by atoms with Gasteiger partial charge in [-0.15, -0.1) is 0 Å². The lowest BCUT2D eigenvalue weighted by Crippen LogP contribution is -2.30. The van der Waals surface area contributed by atoms with Crippen molar-refractivity contribution in [3.8, 4) is 17.2 Å². The summed E-state index contributed by atoms with van der Waals surface area (Å²) in [6.45, 7) is 5.65. The number of amides is 1. The third kappa shape index (κ3) is 4.19. The third-order valence-corrected chi connectivity index (χ3v) is 3.68. The maximum absolute atomic E-state index is 12.4. The van der Waals surface area contributed by atoms with E-state index in [2.05, 4.69) is 5.32 Å². The number of carbonyl (C=O) groups is 1. The number of carbonyl (C=O) groups excluding carboxylic acids is 1. The van der Waals surface area contributed by atoms with Crippen molar-refractivity contribution >= 4 is 11.6 Å². The van der Waals surface area contributed by atoms with Crippen molar-refractivity contribution in [2.45, 2.75) is 26.9 Å². The molecule has 1 atom stereocenters. The van der Waals surface area contributed by atoms with Gasteiger partial charge in [0, 0.05) is 6.07 Å². The van der Waals surface area contributed by atoms with E-state index in [4.69, 9.17) is 14.2 Å². The number of methoxy groups -OCH3 is 2. The summed E-state index contributed by atoms with van der Waals surface area (Å²) in [5, 5.41) is 2.82. The summed E-state index contributed by atoms with van der Waals surface area (Å²) < 4.78 is 16.3. The van der Waals surface area contributed by atoms with E-state index < -0.39 is 6.10 Å². The Morgan fingerprint density at radius 2 is 1.75 bits per heavy atom. The molecule has 2 aromatic carbocycles. The largest absolute Gasteiger partial charge is 0.497 e. The predicted molar refractivity (Wildman–Crippen MR) is 94.2 cm³/mol. The number of hydrogen-bond acceptors (Lipinski definition) is 4. The number of benzene rings is 2. The molecule has 2 aromatic rings. The van der Waals surface area contributed by atoms with Crippen LogP contribution in [0.25, 0.3) is 0 Å². The molecule has 0 saturated carbocycles. The molecule has 5 nitrogen and oxygen atoms in total. The Morgan fingerprint density at radius 3 is 2.42 bits per heavy atom. The van der Waals surface area contributed by atoms with Crippen molar-refractivity contribution in [1.29, 1.82) is 0 Å². The van der Waals surface area contributed by atoms with Crippen LogP contribution in [0.2, 0.25) is 0 Å². The van der Waals surface area contributed by atoms with Crippen LogP contribution in [0.1, 0.15) is 18.1 Å². The second-order valence-corrected chi connectivity index (χ2v) is 5.58. The van der Waals surface area contributed by atoms with Crippen LogP contribution in [-0.4, -0.2) is 26.2 Å². The Balaban J connectivity index is 2.13. The first-order valence-electron chi connectivity index (χ1n) is 7.71. The van der Waals surface area contributed by atoms with Gasteiger partial charge < -0.3 is 19.5 Å². The van der Waals surface area contributed by atoms with Crippen LogP contribution in [-0.2, 0) is 4.79 Å². The monoisotopic (exact) mass is 329 g/mol. The fourth-order valence-electron chi connectivity index (χ4n) is 2.22. The summed E-state index contributed by atoms with van der Waals surface area (Å²) in [6, 6.07) is 11.1. The smallest absolute Gasteiger partial charge is 0.265 e. The van der Waals surface area contributed by atoms with Gasteiger partial charge in [0.2, 0.25) is 0 Å². The van der Waals surface area contributed by atoms with Crippen molar-refractivity contribution in [3.05, 3.63) is 47.5 Å². The molecule has 0 radical (unpaired) electrons. The number of nitrogens with one attached hydrogen (secondary N) is 1. The molecule has 0 bridgehead atoms. The molecule has 24 heavy (non-hydrogen) atoms. The van der Waals surface area contributed by atoms with Gasteiger partial charge in [-0.3, -0.25) is 4.79 Å². The van der Waals surface area contributed by atoms with Crippen molar-refractivity contribution in [3.63, 3.8) is 0 Å². The molecule has 0 spiro atoms. The SMILES string of the molecule is COc1ccc(OC)c(NC(=O)[C@@H](C)Oc2cc(C)ccc2C)c1. The molecule has 0 aromatic heterocycles. The van der Waals surface area contributed by atoms with E-state index in [0.717, 1.165) is 11.1 Å². The minimum absolute atomic E-state index is 0.262. The normalized spacial score (nSPS) is 11.5. The fraction of sp³-hybridized carbons (Fsp3) is 0.316. The van der Waals surface area contributed by atoms with Gasteiger partial charge >= 0.3 is 0 Å². The Kier molecular flexibility index (Phi) is 5.68. The first-order valence-corrected chi connectivity index (χ1v) is 7.71. The van der Waals surface area contributed by atoms with Crippen LogP contribution < -0.4 is 19.5 Å². The van der Waals surface area contributed by atoms with Crippen LogP contribution >= 0.6 is 0 Å². The zero-order chi connectivity index (χ0) is 17.7. The molecule has 0 aliphatic rings. The summed E-state index contributed by atoms with van der Waals surface area (Å²) in [5.74, 6) is 1.63. The van der Waals surface area contributed by atoms with Gasteiger partial charge in [-0.2, -0.15) is 0 Å². The van der Waals surface area contributed by atoms with E-state index in [1.807, 2.05) is 32.0 Å². The summed E-state index contributed by atoms with van der Waals surface area (Å²) in [4.78, 5) is 12.4. The number of hydrogen-bond donors (Lipinski definition) is 1. The molecule has 128 valence electrons. The maximum Gasteiger partial charge on any atom is 0.265 e. The first-order chi connectivity index (χ1) is 11.4. The number of rotatable bonds is 6. The molecule has 0 unspecified atom stereocenters. The van der Waals surface area contributed by atoms with Crippen molar-refractivity contribution in [2.24, 2.45) is 0 Å². The second kappa shape index (κ2) is 7.73. The molecular weight excluding hydrogens is 306 g/mol. The lowest BCUT2D eigenvalue weighted by atomic mass is 10.1. The second-order valence-electron chi connectivity index (χ2n) is 5.58. The summed E-state index contributed by atoms with van der Waals surface area (Å²) in [5.41, 5.74) is 2.61. The van der Waals surface area contributed by atoms with E-state index in [1.165, 1.54) is 0 Å². The van der Waals surface area contributed by atoms with E-state index in [-0.39, 0.29) is 5.91 Å². The molecule has 0 saturated heterocycles. The molecule has 0 fully saturated rings. The summed E-state index contributed by atoms with van der Waals surface area (Å²) >= 11 is 0. The Bertz CT molecular complexity index is 727. The highest BCUT2D eigenvalue weighted by atomic mass is 16.5. The average molecular weight is 329 g/mol. The van der Waals surface area contributed by atoms with Crippen LogP contribution in [0.3, 0.4) is 0 Å². The Morgan fingerprint density at radius 1 is 1.00 bits per heavy atom. The van der Waals surface area contributed by atoms with Crippen LogP contribution in [0.15, 0.2) is 36.4 Å². The zero-order valence-corrected chi connectivity index (χ0v) is 14.7. The number of anilines is 1. The molecular formula is C19H23NO4. The van der Waals surface area contributed by atoms with Gasteiger partial charge in [-0.25, -0.2) is 0 Å². The zero-order valence-electron chi connectivity index (χ0n) is 14.7. The van der Waals surface area contributed by atoms with Crippen molar-refractivity contribution < 1.29 is 19.0 Å². The molecule has 0 aliphatic carbocycles. The molecule has 2 rings (SSSR count). The quantitative estimate of drug-likeness (QED) is 0.877. The predicted octanol–water partition coefficient (Wildman–Crippen LogP) is 3.73. The Hall–Kier alpha value is -2.69. The van der Waals surface area contributed by atoms with Gasteiger partial charge in [-0.1, -0.05) is 12.1 Å². The van der Waals surface area contributed by atoms with Crippen molar-refractivity contribution in [2.75, 3.05) is 19.5 Å². The summed E-state index contributed by atoms with van der Waals surface area (Å²) in [6.07, 6.45) is -0.651. The minimum atomic E-state index is -0.651. The van der Waals surface area contributed by atoms with Gasteiger partial charge in [0.05, 0.1) is 19.9 Å². The highest BCUT2D eigenvalue weighted by Gasteiger charge is 2.18. The van der Waals surface area contributed by atoms with E-state index >= 15 is 0 Å². The van der Waals surface area contributed by atoms with Gasteiger partial charge in [0.15, 0.2) is 6.10 Å². The highest BCUT2D eigenvalue weighted by Crippen LogP contribution is 2.29. The van der Waals surface area contributed by atoms with E-state index in [0.29, 0.717) is 22.9 Å². The summed E-state index contributed by atoms with van der Waals surface area (Å²) in [7, 11) is 3.12. The van der Waals surface area contributed by atoms with Crippen LogP contribution in [0.5, 0.6) is 17.2 Å². The van der Waals surface area contributed by atoms with Crippen molar-refractivity contribution in [1.82, 2.24) is 0 Å².